The molecule has 2 atom stereocenters. The van der Waals surface area contributed by atoms with Gasteiger partial charge in [-0.05, 0) is 39.0 Å². The lowest BCUT2D eigenvalue weighted by Crippen LogP contribution is -2.37. The summed E-state index contributed by atoms with van der Waals surface area (Å²) in [4.78, 5) is 2.67. The molecule has 0 spiro atoms. The molecule has 0 amide bonds. The first-order chi connectivity index (χ1) is 5.77. The Labute approximate surface area is 84.5 Å². The molecule has 2 rings (SSSR count). The smallest absolute Gasteiger partial charge is 0.0101 e. The summed E-state index contributed by atoms with van der Waals surface area (Å²) in [6.07, 6.45) is 4.48. The summed E-state index contributed by atoms with van der Waals surface area (Å²) in [6, 6.07) is 1.75. The van der Waals surface area contributed by atoms with Crippen LogP contribution in [0.3, 0.4) is 0 Å². The first-order valence-electron chi connectivity index (χ1n) is 5.53. The molecular weight excluding hydrogens is 158 g/mol. The molecule has 0 aromatic carbocycles. The average molecular weight is 185 g/mol. The SMILES string of the molecule is C.CC.CC(C)N1CC2CCC1C2. The second kappa shape index (κ2) is 5.64. The lowest BCUT2D eigenvalue weighted by atomic mass is 10.1. The Bertz CT molecular complexity index is 131. The van der Waals surface area contributed by atoms with E-state index in [0.29, 0.717) is 0 Å². The Hall–Kier alpha value is -0.0400. The van der Waals surface area contributed by atoms with Crippen LogP contribution in [0.2, 0.25) is 0 Å². The fraction of sp³-hybridized carbons (Fsp3) is 1.00. The van der Waals surface area contributed by atoms with Crippen molar-refractivity contribution in [1.29, 1.82) is 0 Å². The molecular formula is C12H27N. The maximum absolute atomic E-state index is 2.67. The molecule has 0 N–H and O–H groups in total. The molecule has 1 heterocycles. The molecule has 13 heavy (non-hydrogen) atoms. The van der Waals surface area contributed by atoms with Gasteiger partial charge in [0.05, 0.1) is 0 Å². The van der Waals surface area contributed by atoms with E-state index in [4.69, 9.17) is 0 Å². The van der Waals surface area contributed by atoms with Crippen molar-refractivity contribution >= 4 is 0 Å². The van der Waals surface area contributed by atoms with Crippen molar-refractivity contribution in [3.8, 4) is 0 Å². The van der Waals surface area contributed by atoms with Gasteiger partial charge in [-0.1, -0.05) is 21.3 Å². The van der Waals surface area contributed by atoms with Gasteiger partial charge in [-0.2, -0.15) is 0 Å². The number of hydrogen-bond acceptors (Lipinski definition) is 1. The van der Waals surface area contributed by atoms with Crippen LogP contribution >= 0.6 is 0 Å². The highest BCUT2D eigenvalue weighted by molar-refractivity contribution is 4.93. The first kappa shape index (κ1) is 13.0. The van der Waals surface area contributed by atoms with Gasteiger partial charge in [0.1, 0.15) is 0 Å². The lowest BCUT2D eigenvalue weighted by molar-refractivity contribution is 0.170. The molecule has 1 heteroatoms. The molecule has 2 unspecified atom stereocenters. The highest BCUT2D eigenvalue weighted by Gasteiger charge is 2.38. The summed E-state index contributed by atoms with van der Waals surface area (Å²) < 4.78 is 0. The highest BCUT2D eigenvalue weighted by Crippen LogP contribution is 2.38. The fourth-order valence-corrected chi connectivity index (χ4v) is 2.60. The van der Waals surface area contributed by atoms with Crippen LogP contribution in [0.4, 0.5) is 0 Å². The summed E-state index contributed by atoms with van der Waals surface area (Å²) in [5, 5.41) is 0. The van der Waals surface area contributed by atoms with Gasteiger partial charge in [0.25, 0.3) is 0 Å². The summed E-state index contributed by atoms with van der Waals surface area (Å²) in [5.41, 5.74) is 0. The van der Waals surface area contributed by atoms with Crippen LogP contribution in [0.1, 0.15) is 54.4 Å². The van der Waals surface area contributed by atoms with Gasteiger partial charge in [0.2, 0.25) is 0 Å². The molecule has 0 aromatic heterocycles. The number of nitrogens with zero attached hydrogens (tertiary/aromatic N) is 1. The Morgan fingerprint density at radius 3 is 2.00 bits per heavy atom. The molecule has 2 fully saturated rings. The van der Waals surface area contributed by atoms with E-state index in [0.717, 1.165) is 18.0 Å². The van der Waals surface area contributed by atoms with Crippen molar-refractivity contribution in [2.24, 2.45) is 5.92 Å². The molecule has 2 aliphatic rings. The Morgan fingerprint density at radius 1 is 1.15 bits per heavy atom. The minimum Gasteiger partial charge on any atom is -0.298 e. The predicted octanol–water partition coefficient (Wildman–Crippen LogP) is 3.54. The largest absolute Gasteiger partial charge is 0.298 e. The Balaban J connectivity index is 0.000000451. The summed E-state index contributed by atoms with van der Waals surface area (Å²) in [7, 11) is 0. The molecule has 1 saturated heterocycles. The van der Waals surface area contributed by atoms with E-state index in [1.165, 1.54) is 25.8 Å². The molecule has 1 aliphatic carbocycles. The van der Waals surface area contributed by atoms with Crippen LogP contribution < -0.4 is 0 Å². The fourth-order valence-electron chi connectivity index (χ4n) is 2.60. The van der Waals surface area contributed by atoms with Gasteiger partial charge in [-0.3, -0.25) is 4.90 Å². The Morgan fingerprint density at radius 2 is 1.77 bits per heavy atom. The van der Waals surface area contributed by atoms with Crippen molar-refractivity contribution < 1.29 is 0 Å². The zero-order chi connectivity index (χ0) is 9.14. The number of piperidine rings is 1. The van der Waals surface area contributed by atoms with Gasteiger partial charge >= 0.3 is 0 Å². The number of likely N-dealkylation sites (tertiary alicyclic amines) is 1. The minimum atomic E-state index is 0. The summed E-state index contributed by atoms with van der Waals surface area (Å²) >= 11 is 0. The molecule has 2 bridgehead atoms. The predicted molar refractivity (Wildman–Crippen MR) is 61.1 cm³/mol. The lowest BCUT2D eigenvalue weighted by Gasteiger charge is -2.30. The van der Waals surface area contributed by atoms with E-state index in [2.05, 4.69) is 18.7 Å². The van der Waals surface area contributed by atoms with Crippen molar-refractivity contribution in [1.82, 2.24) is 4.90 Å². The van der Waals surface area contributed by atoms with Crippen molar-refractivity contribution in [2.75, 3.05) is 6.54 Å². The zero-order valence-corrected chi connectivity index (χ0v) is 9.01. The molecule has 1 nitrogen and oxygen atoms in total. The number of fused-ring (bicyclic) bond motifs is 2. The first-order valence-corrected chi connectivity index (χ1v) is 5.53. The molecule has 1 saturated carbocycles. The van der Waals surface area contributed by atoms with Crippen LogP contribution in [-0.2, 0) is 0 Å². The van der Waals surface area contributed by atoms with E-state index < -0.39 is 0 Å². The molecule has 0 radical (unpaired) electrons. The third-order valence-electron chi connectivity index (χ3n) is 3.11. The molecule has 80 valence electrons. The van der Waals surface area contributed by atoms with E-state index in [1.807, 2.05) is 13.8 Å². The van der Waals surface area contributed by atoms with Gasteiger partial charge in [-0.15, -0.1) is 0 Å². The van der Waals surface area contributed by atoms with E-state index in [-0.39, 0.29) is 7.43 Å². The van der Waals surface area contributed by atoms with Crippen molar-refractivity contribution in [3.05, 3.63) is 0 Å². The van der Waals surface area contributed by atoms with Crippen molar-refractivity contribution in [3.63, 3.8) is 0 Å². The minimum absolute atomic E-state index is 0. The Kier molecular flexibility index (Phi) is 5.62. The number of hydrogen-bond donors (Lipinski definition) is 0. The number of rotatable bonds is 1. The van der Waals surface area contributed by atoms with Gasteiger partial charge in [0, 0.05) is 18.6 Å². The van der Waals surface area contributed by atoms with Crippen LogP contribution in [0.15, 0.2) is 0 Å². The second-order valence-electron chi connectivity index (χ2n) is 4.12. The molecule has 1 aliphatic heterocycles. The van der Waals surface area contributed by atoms with Crippen LogP contribution in [0.5, 0.6) is 0 Å². The van der Waals surface area contributed by atoms with Gasteiger partial charge in [0.15, 0.2) is 0 Å². The summed E-state index contributed by atoms with van der Waals surface area (Å²) in [6.45, 7) is 10.0. The maximum atomic E-state index is 2.67. The third kappa shape index (κ3) is 2.70. The van der Waals surface area contributed by atoms with Crippen LogP contribution in [0, 0.1) is 5.92 Å². The monoisotopic (exact) mass is 185 g/mol. The van der Waals surface area contributed by atoms with Gasteiger partial charge < -0.3 is 0 Å². The quantitative estimate of drug-likeness (QED) is 0.604. The van der Waals surface area contributed by atoms with E-state index >= 15 is 0 Å². The average Bonchev–Trinajstić information content (AvgIpc) is 2.67. The van der Waals surface area contributed by atoms with E-state index in [9.17, 15) is 0 Å². The standard InChI is InChI=1S/C9H17N.C2H6.CH4/c1-7(2)10-6-8-3-4-9(10)5-8;1-2;/h7-9H,3-6H2,1-2H3;1-2H3;1H4. The van der Waals surface area contributed by atoms with E-state index in [1.54, 1.807) is 0 Å². The summed E-state index contributed by atoms with van der Waals surface area (Å²) in [5.74, 6) is 1.06. The van der Waals surface area contributed by atoms with Crippen molar-refractivity contribution in [2.45, 2.75) is 66.5 Å². The van der Waals surface area contributed by atoms with Crippen LogP contribution in [0.25, 0.3) is 0 Å². The van der Waals surface area contributed by atoms with Gasteiger partial charge in [-0.25, -0.2) is 0 Å². The zero-order valence-electron chi connectivity index (χ0n) is 9.01. The second-order valence-corrected chi connectivity index (χ2v) is 4.12. The highest BCUT2D eigenvalue weighted by atomic mass is 15.2. The third-order valence-corrected chi connectivity index (χ3v) is 3.11. The molecule has 0 aromatic rings. The van der Waals surface area contributed by atoms with Crippen LogP contribution in [-0.4, -0.2) is 23.5 Å². The maximum Gasteiger partial charge on any atom is 0.0101 e. The normalized spacial score (nSPS) is 31.2. The topological polar surface area (TPSA) is 3.24 Å².